The van der Waals surface area contributed by atoms with Crippen molar-refractivity contribution in [2.45, 2.75) is 29.8 Å². The molecule has 2 heterocycles. The van der Waals surface area contributed by atoms with Crippen LogP contribution in [0, 0.1) is 0 Å². The first-order chi connectivity index (χ1) is 14.3. The number of sulfonamides is 1. The van der Waals surface area contributed by atoms with E-state index < -0.39 is 52.0 Å². The molecule has 1 aromatic heterocycles. The number of hydrogen-bond acceptors (Lipinski definition) is 5. The fourth-order valence-corrected chi connectivity index (χ4v) is 3.59. The Bertz CT molecular complexity index is 1100. The van der Waals surface area contributed by atoms with Crippen LogP contribution in [0.4, 0.5) is 33.5 Å². The minimum atomic E-state index is -4.79. The van der Waals surface area contributed by atoms with Crippen molar-refractivity contribution in [3.63, 3.8) is 0 Å². The van der Waals surface area contributed by atoms with Gasteiger partial charge in [0.25, 0.3) is 11.8 Å². The highest BCUT2D eigenvalue weighted by molar-refractivity contribution is 7.89. The van der Waals surface area contributed by atoms with Crippen molar-refractivity contribution < 1.29 is 35.2 Å². The van der Waals surface area contributed by atoms with Crippen LogP contribution in [0.2, 0.25) is 0 Å². The molecular formula is C18H17F5N4O3S. The van der Waals surface area contributed by atoms with Gasteiger partial charge < -0.3 is 10.2 Å². The third-order valence-corrected chi connectivity index (χ3v) is 5.56. The molecule has 3 rings (SSSR count). The van der Waals surface area contributed by atoms with Crippen molar-refractivity contribution in [1.29, 1.82) is 0 Å². The molecular weight excluding hydrogens is 447 g/mol. The highest BCUT2D eigenvalue weighted by Crippen LogP contribution is 2.34. The number of halogens is 5. The number of pyridine rings is 1. The van der Waals surface area contributed by atoms with Crippen LogP contribution in [0.1, 0.15) is 28.8 Å². The lowest BCUT2D eigenvalue weighted by atomic mass is 10.1. The molecule has 31 heavy (non-hydrogen) atoms. The average Bonchev–Trinajstić information content (AvgIpc) is 2.66. The first kappa shape index (κ1) is 22.9. The van der Waals surface area contributed by atoms with Gasteiger partial charge in [-0.2, -0.15) is 13.2 Å². The summed E-state index contributed by atoms with van der Waals surface area (Å²) >= 11 is 0. The molecule has 1 aliphatic heterocycles. The van der Waals surface area contributed by atoms with Crippen molar-refractivity contribution in [2.75, 3.05) is 23.3 Å². The largest absolute Gasteiger partial charge is 0.417 e. The number of carbonyl (C=O) groups excluding carboxylic acids is 1. The molecule has 1 amide bonds. The smallest absolute Gasteiger partial charge is 0.356 e. The molecule has 1 aliphatic rings. The van der Waals surface area contributed by atoms with E-state index in [0.29, 0.717) is 12.3 Å². The Morgan fingerprint density at radius 2 is 1.81 bits per heavy atom. The Morgan fingerprint density at radius 3 is 2.39 bits per heavy atom. The standard InChI is InChI=1S/C18H17F5N4O3S/c19-17(20)4-6-27(7-5-17)15-14(8-11(10-25-15)18(21,22)23)16(28)26-12-2-1-3-13(9-12)31(24,29)30/h1-3,8-10H,4-7H2,(H,26,28)(H2,24,29,30). The fraction of sp³-hybridized carbons (Fsp3) is 0.333. The normalized spacial score (nSPS) is 16.8. The molecule has 2 aromatic rings. The number of rotatable bonds is 4. The SMILES string of the molecule is NS(=O)(=O)c1cccc(NC(=O)c2cc(C(F)(F)F)cnc2N2CCC(F)(F)CC2)c1. The molecule has 0 spiro atoms. The second-order valence-corrected chi connectivity index (χ2v) is 8.52. The van der Waals surface area contributed by atoms with E-state index in [0.717, 1.165) is 6.07 Å². The van der Waals surface area contributed by atoms with Gasteiger partial charge in [-0.1, -0.05) is 6.07 Å². The highest BCUT2D eigenvalue weighted by Gasteiger charge is 2.37. The Balaban J connectivity index is 1.96. The van der Waals surface area contributed by atoms with Crippen LogP contribution in [0.15, 0.2) is 41.4 Å². The van der Waals surface area contributed by atoms with Crippen LogP contribution in [0.25, 0.3) is 0 Å². The Morgan fingerprint density at radius 1 is 1.16 bits per heavy atom. The number of nitrogens with one attached hydrogen (secondary N) is 1. The number of primary sulfonamides is 1. The summed E-state index contributed by atoms with van der Waals surface area (Å²) in [5.74, 6) is -4.10. The number of anilines is 2. The van der Waals surface area contributed by atoms with Crippen LogP contribution in [-0.2, 0) is 16.2 Å². The summed E-state index contributed by atoms with van der Waals surface area (Å²) in [6.07, 6.45) is -5.33. The number of hydrogen-bond donors (Lipinski definition) is 2. The average molecular weight is 464 g/mol. The summed E-state index contributed by atoms with van der Waals surface area (Å²) in [6, 6.07) is 5.39. The van der Waals surface area contributed by atoms with Gasteiger partial charge in [-0.05, 0) is 24.3 Å². The van der Waals surface area contributed by atoms with E-state index in [2.05, 4.69) is 10.3 Å². The third-order valence-electron chi connectivity index (χ3n) is 4.65. The monoisotopic (exact) mass is 464 g/mol. The van der Waals surface area contributed by atoms with Gasteiger partial charge in [-0.15, -0.1) is 0 Å². The summed E-state index contributed by atoms with van der Waals surface area (Å²) in [5.41, 5.74) is -1.71. The Labute approximate surface area is 174 Å². The number of nitrogens with two attached hydrogens (primary N) is 1. The van der Waals surface area contributed by atoms with Gasteiger partial charge in [0.15, 0.2) is 0 Å². The summed E-state index contributed by atoms with van der Waals surface area (Å²) in [7, 11) is -4.08. The van der Waals surface area contributed by atoms with Gasteiger partial charge in [0.2, 0.25) is 10.0 Å². The molecule has 0 unspecified atom stereocenters. The van der Waals surface area contributed by atoms with Crippen LogP contribution < -0.4 is 15.4 Å². The van der Waals surface area contributed by atoms with E-state index in [1.807, 2.05) is 0 Å². The number of benzene rings is 1. The summed E-state index contributed by atoms with van der Waals surface area (Å²) in [5, 5.41) is 7.34. The second-order valence-electron chi connectivity index (χ2n) is 6.96. The maximum atomic E-state index is 13.5. The summed E-state index contributed by atoms with van der Waals surface area (Å²) in [6.45, 7) is -0.404. The first-order valence-electron chi connectivity index (χ1n) is 8.90. The molecule has 1 fully saturated rings. The second kappa shape index (κ2) is 8.04. The predicted octanol–water partition coefficient (Wildman–Crippen LogP) is 3.24. The van der Waals surface area contributed by atoms with E-state index >= 15 is 0 Å². The highest BCUT2D eigenvalue weighted by atomic mass is 32.2. The maximum Gasteiger partial charge on any atom is 0.417 e. The molecule has 13 heteroatoms. The van der Waals surface area contributed by atoms with Gasteiger partial charge in [0.1, 0.15) is 5.82 Å². The lowest BCUT2D eigenvalue weighted by Gasteiger charge is -2.33. The lowest BCUT2D eigenvalue weighted by Crippen LogP contribution is -2.40. The maximum absolute atomic E-state index is 13.5. The predicted molar refractivity (Wildman–Crippen MR) is 101 cm³/mol. The zero-order valence-electron chi connectivity index (χ0n) is 15.8. The van der Waals surface area contributed by atoms with Crippen molar-refractivity contribution in [1.82, 2.24) is 4.98 Å². The summed E-state index contributed by atoms with van der Waals surface area (Å²) < 4.78 is 89.3. The Kier molecular flexibility index (Phi) is 5.93. The summed E-state index contributed by atoms with van der Waals surface area (Å²) in [4.78, 5) is 17.5. The van der Waals surface area contributed by atoms with Crippen molar-refractivity contribution >= 4 is 27.4 Å². The molecule has 0 aliphatic carbocycles. The molecule has 0 saturated carbocycles. The van der Waals surface area contributed by atoms with Gasteiger partial charge in [-0.25, -0.2) is 27.3 Å². The number of aromatic nitrogens is 1. The minimum Gasteiger partial charge on any atom is -0.356 e. The molecule has 1 aromatic carbocycles. The molecule has 0 atom stereocenters. The zero-order valence-corrected chi connectivity index (χ0v) is 16.6. The molecule has 1 saturated heterocycles. The first-order valence-corrected chi connectivity index (χ1v) is 10.5. The van der Waals surface area contributed by atoms with Crippen molar-refractivity contribution in [2.24, 2.45) is 5.14 Å². The number of carbonyl (C=O) groups is 1. The fourth-order valence-electron chi connectivity index (χ4n) is 3.03. The van der Waals surface area contributed by atoms with Gasteiger partial charge in [-0.3, -0.25) is 4.79 Å². The zero-order chi connectivity index (χ0) is 23.0. The van der Waals surface area contributed by atoms with Gasteiger partial charge in [0.05, 0.1) is 16.0 Å². The van der Waals surface area contributed by atoms with Gasteiger partial charge in [0, 0.05) is 37.8 Å². The Hall–Kier alpha value is -2.80. The number of amides is 1. The molecule has 0 bridgehead atoms. The van der Waals surface area contributed by atoms with Crippen LogP contribution >= 0.6 is 0 Å². The molecule has 7 nitrogen and oxygen atoms in total. The van der Waals surface area contributed by atoms with Gasteiger partial charge >= 0.3 is 6.18 Å². The topological polar surface area (TPSA) is 105 Å². The van der Waals surface area contributed by atoms with E-state index in [-0.39, 0.29) is 29.5 Å². The minimum absolute atomic E-state index is 0.0370. The number of nitrogens with zero attached hydrogens (tertiary/aromatic N) is 2. The number of piperidine rings is 1. The molecule has 3 N–H and O–H groups in total. The van der Waals surface area contributed by atoms with Crippen LogP contribution in [0.5, 0.6) is 0 Å². The lowest BCUT2D eigenvalue weighted by molar-refractivity contribution is -0.137. The molecule has 0 radical (unpaired) electrons. The van der Waals surface area contributed by atoms with E-state index in [1.54, 1.807) is 0 Å². The molecule has 168 valence electrons. The van der Waals surface area contributed by atoms with Crippen LogP contribution in [0.3, 0.4) is 0 Å². The third kappa shape index (κ3) is 5.47. The van der Waals surface area contributed by atoms with Crippen molar-refractivity contribution in [3.05, 3.63) is 47.7 Å². The van der Waals surface area contributed by atoms with Crippen LogP contribution in [-0.4, -0.2) is 38.3 Å². The quantitative estimate of drug-likeness (QED) is 0.676. The van der Waals surface area contributed by atoms with E-state index in [1.165, 1.54) is 23.1 Å². The number of alkyl halides is 5. The van der Waals surface area contributed by atoms with Crippen molar-refractivity contribution in [3.8, 4) is 0 Å². The van der Waals surface area contributed by atoms with E-state index in [4.69, 9.17) is 5.14 Å². The van der Waals surface area contributed by atoms with E-state index in [9.17, 15) is 35.2 Å².